The summed E-state index contributed by atoms with van der Waals surface area (Å²) in [5, 5.41) is 0. The van der Waals surface area contributed by atoms with Crippen LogP contribution in [-0.4, -0.2) is 20.4 Å². The van der Waals surface area contributed by atoms with Crippen LogP contribution in [0, 0.1) is 13.8 Å². The summed E-state index contributed by atoms with van der Waals surface area (Å²) >= 11 is 0. The number of hydrogen-bond acceptors (Lipinski definition) is 3. The lowest BCUT2D eigenvalue weighted by Gasteiger charge is -2.21. The van der Waals surface area contributed by atoms with Crippen LogP contribution in [0.25, 0.3) is 0 Å². The Morgan fingerprint density at radius 2 is 1.95 bits per heavy atom. The van der Waals surface area contributed by atoms with Crippen LogP contribution < -0.4 is 10.0 Å². The molecule has 0 aliphatic heterocycles. The van der Waals surface area contributed by atoms with E-state index in [1.807, 2.05) is 32.0 Å². The normalized spacial score (nSPS) is 11.6. The molecular formula is C14H19N3O2S. The van der Waals surface area contributed by atoms with E-state index in [-0.39, 0.29) is 11.4 Å². The zero-order chi connectivity index (χ0) is 14.9. The van der Waals surface area contributed by atoms with Gasteiger partial charge in [0.15, 0.2) is 0 Å². The van der Waals surface area contributed by atoms with Gasteiger partial charge in [0.2, 0.25) is 0 Å². The first-order valence-corrected chi connectivity index (χ1v) is 7.74. The monoisotopic (exact) mass is 293 g/mol. The van der Waals surface area contributed by atoms with Gasteiger partial charge < -0.3 is 10.7 Å². The summed E-state index contributed by atoms with van der Waals surface area (Å²) in [5.41, 5.74) is 8.88. The summed E-state index contributed by atoms with van der Waals surface area (Å²) in [6, 6.07) is 7.24. The quantitative estimate of drug-likeness (QED) is 0.904. The predicted molar refractivity (Wildman–Crippen MR) is 80.2 cm³/mol. The van der Waals surface area contributed by atoms with Crippen LogP contribution in [0.4, 0.5) is 5.69 Å². The summed E-state index contributed by atoms with van der Waals surface area (Å²) in [5.74, 6) is 0. The Hall–Kier alpha value is -1.79. The summed E-state index contributed by atoms with van der Waals surface area (Å²) < 4.78 is 26.4. The molecule has 6 heteroatoms. The first-order chi connectivity index (χ1) is 9.36. The van der Waals surface area contributed by atoms with Crippen molar-refractivity contribution in [1.82, 2.24) is 4.98 Å². The molecule has 0 aliphatic rings. The largest absolute Gasteiger partial charge is 0.363 e. The topological polar surface area (TPSA) is 79.2 Å². The highest BCUT2D eigenvalue weighted by molar-refractivity contribution is 7.92. The van der Waals surface area contributed by atoms with Crippen LogP contribution in [-0.2, 0) is 16.6 Å². The first-order valence-electron chi connectivity index (χ1n) is 6.30. The Kier molecular flexibility index (Phi) is 3.87. The maximum Gasteiger partial charge on any atom is 0.265 e. The summed E-state index contributed by atoms with van der Waals surface area (Å²) in [4.78, 5) is 3.08. The number of rotatable bonds is 4. The van der Waals surface area contributed by atoms with E-state index >= 15 is 0 Å². The van der Waals surface area contributed by atoms with Gasteiger partial charge in [-0.25, -0.2) is 8.42 Å². The fraction of sp³-hybridized carbons (Fsp3) is 0.286. The van der Waals surface area contributed by atoms with Crippen LogP contribution in [0.3, 0.4) is 0 Å². The van der Waals surface area contributed by atoms with Gasteiger partial charge >= 0.3 is 0 Å². The Balaban J connectivity index is 2.43. The molecule has 3 N–H and O–H groups in total. The van der Waals surface area contributed by atoms with Gasteiger partial charge in [0.25, 0.3) is 10.0 Å². The second-order valence-corrected chi connectivity index (χ2v) is 6.80. The van der Waals surface area contributed by atoms with Gasteiger partial charge in [-0.3, -0.25) is 4.31 Å². The lowest BCUT2D eigenvalue weighted by molar-refractivity contribution is 0.594. The summed E-state index contributed by atoms with van der Waals surface area (Å²) in [6.45, 7) is 4.16. The van der Waals surface area contributed by atoms with E-state index in [4.69, 9.17) is 5.73 Å². The van der Waals surface area contributed by atoms with Gasteiger partial charge in [0, 0.05) is 25.5 Å². The molecule has 2 rings (SSSR count). The molecule has 0 bridgehead atoms. The molecule has 1 aromatic heterocycles. The number of aromatic nitrogens is 1. The zero-order valence-electron chi connectivity index (χ0n) is 11.8. The van der Waals surface area contributed by atoms with Crippen molar-refractivity contribution in [2.75, 3.05) is 11.4 Å². The lowest BCUT2D eigenvalue weighted by Crippen LogP contribution is -2.26. The molecule has 0 saturated carbocycles. The molecule has 0 aliphatic carbocycles. The van der Waals surface area contributed by atoms with E-state index in [1.165, 1.54) is 10.5 Å². The lowest BCUT2D eigenvalue weighted by atomic mass is 10.1. The Morgan fingerprint density at radius 3 is 2.50 bits per heavy atom. The smallest absolute Gasteiger partial charge is 0.265 e. The predicted octanol–water partition coefficient (Wildman–Crippen LogP) is 1.92. The highest BCUT2D eigenvalue weighted by Gasteiger charge is 2.23. The molecule has 2 aromatic rings. The van der Waals surface area contributed by atoms with Crippen LogP contribution >= 0.6 is 0 Å². The first kappa shape index (κ1) is 14.6. The molecule has 0 radical (unpaired) electrons. The van der Waals surface area contributed by atoms with Crippen molar-refractivity contribution in [3.05, 3.63) is 47.3 Å². The molecular weight excluding hydrogens is 274 g/mol. The van der Waals surface area contributed by atoms with Crippen molar-refractivity contribution in [1.29, 1.82) is 0 Å². The second kappa shape index (κ2) is 5.30. The van der Waals surface area contributed by atoms with E-state index < -0.39 is 10.0 Å². The van der Waals surface area contributed by atoms with Crippen LogP contribution in [0.15, 0.2) is 35.4 Å². The molecule has 108 valence electrons. The number of nitrogens with two attached hydrogens (primary N) is 1. The van der Waals surface area contributed by atoms with Crippen LogP contribution in [0.1, 0.15) is 16.8 Å². The van der Waals surface area contributed by atoms with E-state index in [1.54, 1.807) is 13.1 Å². The molecule has 0 spiro atoms. The number of aryl methyl sites for hydroxylation is 2. The number of nitrogens with one attached hydrogen (secondary N) is 1. The number of benzene rings is 1. The molecule has 20 heavy (non-hydrogen) atoms. The maximum absolute atomic E-state index is 12.6. The number of H-pyrrole nitrogens is 1. The molecule has 0 unspecified atom stereocenters. The standard InChI is InChI=1S/C14H19N3O2S/c1-10-4-5-14(11(2)6-10)17(3)20(18,19)13-7-12(8-15)16-9-13/h4-7,9,16H,8,15H2,1-3H3. The average molecular weight is 293 g/mol. The SMILES string of the molecule is Cc1ccc(N(C)S(=O)(=O)c2c[nH]c(CN)c2)c(C)c1. The Labute approximate surface area is 119 Å². The van der Waals surface area contributed by atoms with E-state index in [2.05, 4.69) is 4.98 Å². The van der Waals surface area contributed by atoms with Crippen LogP contribution in [0.5, 0.6) is 0 Å². The molecule has 0 fully saturated rings. The van der Waals surface area contributed by atoms with Crippen molar-refractivity contribution < 1.29 is 8.42 Å². The Morgan fingerprint density at radius 1 is 1.25 bits per heavy atom. The zero-order valence-corrected chi connectivity index (χ0v) is 12.7. The number of hydrogen-bond donors (Lipinski definition) is 2. The van der Waals surface area contributed by atoms with Gasteiger partial charge in [-0.1, -0.05) is 17.7 Å². The molecule has 1 heterocycles. The Bertz CT molecular complexity index is 720. The number of sulfonamides is 1. The molecule has 0 atom stereocenters. The third-order valence-corrected chi connectivity index (χ3v) is 5.04. The molecule has 5 nitrogen and oxygen atoms in total. The molecule has 1 aromatic carbocycles. The minimum atomic E-state index is -3.57. The minimum Gasteiger partial charge on any atom is -0.363 e. The third-order valence-electron chi connectivity index (χ3n) is 3.29. The van der Waals surface area contributed by atoms with Gasteiger partial charge in [0.1, 0.15) is 4.90 Å². The van der Waals surface area contributed by atoms with Gasteiger partial charge in [-0.2, -0.15) is 0 Å². The van der Waals surface area contributed by atoms with E-state index in [9.17, 15) is 8.42 Å². The highest BCUT2D eigenvalue weighted by atomic mass is 32.2. The van der Waals surface area contributed by atoms with Gasteiger partial charge in [-0.05, 0) is 31.5 Å². The van der Waals surface area contributed by atoms with Crippen LogP contribution in [0.2, 0.25) is 0 Å². The fourth-order valence-electron chi connectivity index (χ4n) is 2.13. The summed E-state index contributed by atoms with van der Waals surface area (Å²) in [6.07, 6.45) is 1.47. The highest BCUT2D eigenvalue weighted by Crippen LogP contribution is 2.26. The van der Waals surface area contributed by atoms with Crippen molar-refractivity contribution in [3.63, 3.8) is 0 Å². The maximum atomic E-state index is 12.6. The average Bonchev–Trinajstić information content (AvgIpc) is 2.87. The van der Waals surface area contributed by atoms with Gasteiger partial charge in [0.05, 0.1) is 5.69 Å². The third kappa shape index (κ3) is 2.57. The second-order valence-electron chi connectivity index (χ2n) is 4.83. The fourth-order valence-corrected chi connectivity index (χ4v) is 3.41. The van der Waals surface area contributed by atoms with Crippen molar-refractivity contribution in [2.24, 2.45) is 5.73 Å². The minimum absolute atomic E-state index is 0.223. The number of anilines is 1. The number of nitrogens with zero attached hydrogens (tertiary/aromatic N) is 1. The summed E-state index contributed by atoms with van der Waals surface area (Å²) in [7, 11) is -2.01. The van der Waals surface area contributed by atoms with Crippen molar-refractivity contribution >= 4 is 15.7 Å². The molecule has 0 saturated heterocycles. The van der Waals surface area contributed by atoms with Gasteiger partial charge in [-0.15, -0.1) is 0 Å². The van der Waals surface area contributed by atoms with E-state index in [0.717, 1.165) is 11.1 Å². The van der Waals surface area contributed by atoms with E-state index in [0.29, 0.717) is 11.4 Å². The van der Waals surface area contributed by atoms with Crippen molar-refractivity contribution in [3.8, 4) is 0 Å². The molecule has 0 amide bonds. The number of aromatic amines is 1. The van der Waals surface area contributed by atoms with Crippen molar-refractivity contribution in [2.45, 2.75) is 25.3 Å².